The van der Waals surface area contributed by atoms with E-state index in [2.05, 4.69) is 53.3 Å². The van der Waals surface area contributed by atoms with Crippen molar-refractivity contribution < 1.29 is 9.53 Å². The lowest BCUT2D eigenvalue weighted by Gasteiger charge is -2.11. The summed E-state index contributed by atoms with van der Waals surface area (Å²) in [5, 5.41) is 3.28. The highest BCUT2D eigenvalue weighted by molar-refractivity contribution is 5.69. The third-order valence-corrected chi connectivity index (χ3v) is 2.57. The van der Waals surface area contributed by atoms with Gasteiger partial charge in [-0.15, -0.1) is 0 Å². The number of benzene rings is 1. The van der Waals surface area contributed by atoms with Crippen LogP contribution >= 0.6 is 0 Å². The summed E-state index contributed by atoms with van der Waals surface area (Å²) in [7, 11) is 5.52. The van der Waals surface area contributed by atoms with Crippen molar-refractivity contribution >= 4 is 11.7 Å². The van der Waals surface area contributed by atoms with Crippen LogP contribution in [0.15, 0.2) is 24.3 Å². The molecule has 0 amide bonds. The lowest BCUT2D eigenvalue weighted by Crippen LogP contribution is -2.10. The van der Waals surface area contributed by atoms with Gasteiger partial charge in [-0.3, -0.25) is 4.79 Å². The van der Waals surface area contributed by atoms with Gasteiger partial charge in [0.25, 0.3) is 0 Å². The van der Waals surface area contributed by atoms with Gasteiger partial charge in [-0.1, -0.05) is 12.1 Å². The van der Waals surface area contributed by atoms with Gasteiger partial charge in [0, 0.05) is 25.2 Å². The van der Waals surface area contributed by atoms with Crippen LogP contribution in [0.5, 0.6) is 0 Å². The Labute approximate surface area is 109 Å². The van der Waals surface area contributed by atoms with Crippen LogP contribution in [0.2, 0.25) is 0 Å². The molecule has 0 heterocycles. The van der Waals surface area contributed by atoms with Gasteiger partial charge in [0.2, 0.25) is 0 Å². The van der Waals surface area contributed by atoms with Crippen molar-refractivity contribution in [3.63, 3.8) is 0 Å². The highest BCUT2D eigenvalue weighted by Crippen LogP contribution is 2.10. The normalized spacial score (nSPS) is 10.4. The van der Waals surface area contributed by atoms with Crippen molar-refractivity contribution in [2.75, 3.05) is 33.1 Å². The topological polar surface area (TPSA) is 41.6 Å². The van der Waals surface area contributed by atoms with E-state index < -0.39 is 0 Å². The van der Waals surface area contributed by atoms with Gasteiger partial charge in [-0.05, 0) is 38.2 Å². The van der Waals surface area contributed by atoms with Gasteiger partial charge >= 0.3 is 5.97 Å². The first kappa shape index (κ1) is 14.5. The van der Waals surface area contributed by atoms with E-state index in [0.717, 1.165) is 25.2 Å². The summed E-state index contributed by atoms with van der Waals surface area (Å²) in [4.78, 5) is 13.1. The molecule has 0 aliphatic carbocycles. The SMILES string of the molecule is COC(=O)CCCNc1ccc(CN(C)C)cc1. The molecule has 0 saturated heterocycles. The van der Waals surface area contributed by atoms with E-state index in [1.807, 2.05) is 0 Å². The number of esters is 1. The van der Waals surface area contributed by atoms with E-state index in [0.29, 0.717) is 6.42 Å². The number of anilines is 1. The average molecular weight is 250 g/mol. The number of nitrogens with zero attached hydrogens (tertiary/aromatic N) is 1. The molecule has 18 heavy (non-hydrogen) atoms. The highest BCUT2D eigenvalue weighted by atomic mass is 16.5. The van der Waals surface area contributed by atoms with Crippen molar-refractivity contribution in [1.29, 1.82) is 0 Å². The van der Waals surface area contributed by atoms with Crippen LogP contribution in [0.3, 0.4) is 0 Å². The van der Waals surface area contributed by atoms with Gasteiger partial charge in [0.05, 0.1) is 7.11 Å². The monoisotopic (exact) mass is 250 g/mol. The second kappa shape index (κ2) is 7.71. The van der Waals surface area contributed by atoms with Gasteiger partial charge in [-0.25, -0.2) is 0 Å². The summed E-state index contributed by atoms with van der Waals surface area (Å²) < 4.78 is 4.58. The lowest BCUT2D eigenvalue weighted by molar-refractivity contribution is -0.140. The van der Waals surface area contributed by atoms with Crippen LogP contribution in [0.4, 0.5) is 5.69 Å². The van der Waals surface area contributed by atoms with E-state index in [1.165, 1.54) is 12.7 Å². The maximum absolute atomic E-state index is 10.9. The zero-order valence-electron chi connectivity index (χ0n) is 11.4. The minimum absolute atomic E-state index is 0.155. The van der Waals surface area contributed by atoms with Crippen LogP contribution in [-0.2, 0) is 16.1 Å². The Balaban J connectivity index is 2.28. The number of methoxy groups -OCH3 is 1. The second-order valence-corrected chi connectivity index (χ2v) is 4.54. The fourth-order valence-corrected chi connectivity index (χ4v) is 1.66. The summed E-state index contributed by atoms with van der Waals surface area (Å²) in [5.74, 6) is -0.155. The van der Waals surface area contributed by atoms with Crippen molar-refractivity contribution in [2.45, 2.75) is 19.4 Å². The Kier molecular flexibility index (Phi) is 6.22. The van der Waals surface area contributed by atoms with Crippen LogP contribution in [0, 0.1) is 0 Å². The smallest absolute Gasteiger partial charge is 0.305 e. The fraction of sp³-hybridized carbons (Fsp3) is 0.500. The van der Waals surface area contributed by atoms with Crippen LogP contribution in [-0.4, -0.2) is 38.6 Å². The number of carbonyl (C=O) groups excluding carboxylic acids is 1. The molecule has 1 N–H and O–H groups in total. The first-order valence-corrected chi connectivity index (χ1v) is 6.16. The number of rotatable bonds is 7. The van der Waals surface area contributed by atoms with Crippen molar-refractivity contribution in [2.24, 2.45) is 0 Å². The van der Waals surface area contributed by atoms with Gasteiger partial charge in [0.15, 0.2) is 0 Å². The quantitative estimate of drug-likeness (QED) is 0.594. The van der Waals surface area contributed by atoms with E-state index in [9.17, 15) is 4.79 Å². The maximum Gasteiger partial charge on any atom is 0.305 e. The molecule has 0 aromatic heterocycles. The second-order valence-electron chi connectivity index (χ2n) is 4.54. The first-order valence-electron chi connectivity index (χ1n) is 6.16. The van der Waals surface area contributed by atoms with Gasteiger partial charge < -0.3 is 15.0 Å². The molecule has 1 aromatic rings. The molecule has 1 rings (SSSR count). The van der Waals surface area contributed by atoms with Crippen LogP contribution in [0.25, 0.3) is 0 Å². The molecule has 0 spiro atoms. The lowest BCUT2D eigenvalue weighted by atomic mass is 10.2. The number of nitrogens with one attached hydrogen (secondary N) is 1. The van der Waals surface area contributed by atoms with Crippen LogP contribution < -0.4 is 5.32 Å². The largest absolute Gasteiger partial charge is 0.469 e. The van der Waals surface area contributed by atoms with Gasteiger partial charge in [-0.2, -0.15) is 0 Å². The Morgan fingerprint density at radius 2 is 1.94 bits per heavy atom. The molecule has 0 saturated carbocycles. The predicted octanol–water partition coefficient (Wildman–Crippen LogP) is 2.11. The summed E-state index contributed by atoms with van der Waals surface area (Å²) in [6.45, 7) is 1.73. The molecule has 0 unspecified atom stereocenters. The number of carbonyl (C=O) groups is 1. The number of ether oxygens (including phenoxy) is 1. The van der Waals surface area contributed by atoms with Crippen molar-refractivity contribution in [3.8, 4) is 0 Å². The summed E-state index contributed by atoms with van der Waals surface area (Å²) in [5.41, 5.74) is 2.38. The molecule has 1 aromatic carbocycles. The van der Waals surface area contributed by atoms with Gasteiger partial charge in [0.1, 0.15) is 0 Å². The molecular weight excluding hydrogens is 228 g/mol. The fourth-order valence-electron chi connectivity index (χ4n) is 1.66. The average Bonchev–Trinajstić information content (AvgIpc) is 2.35. The molecule has 0 fully saturated rings. The molecule has 0 aliphatic heterocycles. The molecule has 4 heteroatoms. The minimum Gasteiger partial charge on any atom is -0.469 e. The maximum atomic E-state index is 10.9. The van der Waals surface area contributed by atoms with Crippen molar-refractivity contribution in [3.05, 3.63) is 29.8 Å². The molecule has 0 atom stereocenters. The molecular formula is C14H22N2O2. The number of hydrogen-bond acceptors (Lipinski definition) is 4. The van der Waals surface area contributed by atoms with E-state index in [-0.39, 0.29) is 5.97 Å². The summed E-state index contributed by atoms with van der Waals surface area (Å²) in [6, 6.07) is 8.36. The van der Waals surface area contributed by atoms with Crippen molar-refractivity contribution in [1.82, 2.24) is 4.90 Å². The van der Waals surface area contributed by atoms with Crippen LogP contribution in [0.1, 0.15) is 18.4 Å². The minimum atomic E-state index is -0.155. The third kappa shape index (κ3) is 5.68. The Morgan fingerprint density at radius 1 is 1.28 bits per heavy atom. The standard InChI is InChI=1S/C14H22N2O2/c1-16(2)11-12-6-8-13(9-7-12)15-10-4-5-14(17)18-3/h6-9,15H,4-5,10-11H2,1-3H3. The Bertz CT molecular complexity index is 361. The third-order valence-electron chi connectivity index (χ3n) is 2.57. The molecule has 0 radical (unpaired) electrons. The summed E-state index contributed by atoms with van der Waals surface area (Å²) in [6.07, 6.45) is 1.24. The summed E-state index contributed by atoms with van der Waals surface area (Å²) >= 11 is 0. The molecule has 0 bridgehead atoms. The molecule has 4 nitrogen and oxygen atoms in total. The van der Waals surface area contributed by atoms with E-state index in [4.69, 9.17) is 0 Å². The molecule has 100 valence electrons. The Morgan fingerprint density at radius 3 is 2.50 bits per heavy atom. The first-order chi connectivity index (χ1) is 8.61. The number of hydrogen-bond donors (Lipinski definition) is 1. The highest BCUT2D eigenvalue weighted by Gasteiger charge is 1.99. The van der Waals surface area contributed by atoms with E-state index >= 15 is 0 Å². The molecule has 0 aliphatic rings. The zero-order valence-corrected chi connectivity index (χ0v) is 11.4. The zero-order chi connectivity index (χ0) is 13.4. The van der Waals surface area contributed by atoms with E-state index in [1.54, 1.807) is 0 Å². The Hall–Kier alpha value is -1.55. The predicted molar refractivity (Wildman–Crippen MR) is 73.6 cm³/mol.